The van der Waals surface area contributed by atoms with Crippen LogP contribution in [0.5, 0.6) is 11.5 Å². The molecule has 19 heavy (non-hydrogen) atoms. The summed E-state index contributed by atoms with van der Waals surface area (Å²) in [5.41, 5.74) is -0.545. The quantitative estimate of drug-likeness (QED) is 0.396. The highest BCUT2D eigenvalue weighted by Crippen LogP contribution is 2.26. The molecule has 2 rings (SSSR count). The Morgan fingerprint density at radius 2 is 1.84 bits per heavy atom. The minimum absolute atomic E-state index is 0.00615. The topological polar surface area (TPSA) is 89.7 Å². The first-order valence-corrected chi connectivity index (χ1v) is 5.32. The van der Waals surface area contributed by atoms with Crippen LogP contribution in [0.15, 0.2) is 48.5 Å². The van der Waals surface area contributed by atoms with Gasteiger partial charge < -0.3 is 9.84 Å². The molecule has 2 aromatic rings. The highest BCUT2D eigenvalue weighted by atomic mass is 16.6. The van der Waals surface area contributed by atoms with Gasteiger partial charge >= 0.3 is 11.7 Å². The summed E-state index contributed by atoms with van der Waals surface area (Å²) in [6, 6.07) is 11.7. The lowest BCUT2D eigenvalue weighted by Gasteiger charge is -2.04. The van der Waals surface area contributed by atoms with E-state index in [0.29, 0.717) is 5.75 Å². The van der Waals surface area contributed by atoms with Crippen LogP contribution in [0.25, 0.3) is 0 Å². The summed E-state index contributed by atoms with van der Waals surface area (Å²) in [6.07, 6.45) is 0. The molecule has 2 aromatic carbocycles. The number of nitro groups is 1. The number of esters is 1. The van der Waals surface area contributed by atoms with Crippen molar-refractivity contribution in [2.75, 3.05) is 0 Å². The molecule has 0 aromatic heterocycles. The van der Waals surface area contributed by atoms with E-state index in [0.717, 1.165) is 12.1 Å². The monoisotopic (exact) mass is 259 g/mol. The number of phenols is 1. The molecule has 1 N–H and O–H groups in total. The van der Waals surface area contributed by atoms with E-state index in [4.69, 9.17) is 4.74 Å². The number of carbonyl (C=O) groups excluding carboxylic acids is 1. The molecule has 0 spiro atoms. The second-order valence-corrected chi connectivity index (χ2v) is 3.66. The molecule has 0 saturated carbocycles. The molecular weight excluding hydrogens is 250 g/mol. The first-order valence-electron chi connectivity index (χ1n) is 5.32. The first kappa shape index (κ1) is 12.6. The third-order valence-corrected chi connectivity index (χ3v) is 2.36. The predicted octanol–water partition coefficient (Wildman–Crippen LogP) is 2.52. The van der Waals surface area contributed by atoms with Crippen molar-refractivity contribution in [2.24, 2.45) is 0 Å². The highest BCUT2D eigenvalue weighted by Gasteiger charge is 2.18. The van der Waals surface area contributed by atoms with Crippen LogP contribution < -0.4 is 4.74 Å². The van der Waals surface area contributed by atoms with Crippen molar-refractivity contribution in [3.8, 4) is 11.5 Å². The maximum atomic E-state index is 11.8. The molecular formula is C13H9NO5. The minimum Gasteiger partial charge on any atom is -0.502 e. The molecule has 0 unspecified atom stereocenters. The number of benzene rings is 2. The number of nitro benzene ring substituents is 1. The number of rotatable bonds is 3. The van der Waals surface area contributed by atoms with E-state index in [1.54, 1.807) is 30.3 Å². The van der Waals surface area contributed by atoms with Gasteiger partial charge in [0.15, 0.2) is 5.75 Å². The molecule has 0 aliphatic carbocycles. The van der Waals surface area contributed by atoms with Gasteiger partial charge in [-0.25, -0.2) is 4.79 Å². The van der Waals surface area contributed by atoms with E-state index < -0.39 is 22.3 Å². The summed E-state index contributed by atoms with van der Waals surface area (Å²) >= 11 is 0. The smallest absolute Gasteiger partial charge is 0.343 e. The van der Waals surface area contributed by atoms with Crippen molar-refractivity contribution < 1.29 is 19.6 Å². The molecule has 0 aliphatic heterocycles. The van der Waals surface area contributed by atoms with Crippen LogP contribution in [0.2, 0.25) is 0 Å². The zero-order valence-electron chi connectivity index (χ0n) is 9.65. The summed E-state index contributed by atoms with van der Waals surface area (Å²) in [7, 11) is 0. The number of aromatic hydroxyl groups is 1. The van der Waals surface area contributed by atoms with Gasteiger partial charge in [0.25, 0.3) is 0 Å². The van der Waals surface area contributed by atoms with Gasteiger partial charge in [0, 0.05) is 6.07 Å². The van der Waals surface area contributed by atoms with Gasteiger partial charge in [-0.15, -0.1) is 0 Å². The van der Waals surface area contributed by atoms with Gasteiger partial charge in [0.1, 0.15) is 5.75 Å². The van der Waals surface area contributed by atoms with E-state index in [1.807, 2.05) is 0 Å². The molecule has 0 bridgehead atoms. The van der Waals surface area contributed by atoms with E-state index in [9.17, 15) is 20.0 Å². The number of nitrogens with zero attached hydrogens (tertiary/aromatic N) is 1. The number of carbonyl (C=O) groups is 1. The summed E-state index contributed by atoms with van der Waals surface area (Å²) < 4.78 is 5.03. The van der Waals surface area contributed by atoms with Gasteiger partial charge in [-0.3, -0.25) is 10.1 Å². The van der Waals surface area contributed by atoms with Crippen LogP contribution in [0.1, 0.15) is 10.4 Å². The van der Waals surface area contributed by atoms with Crippen molar-refractivity contribution in [3.63, 3.8) is 0 Å². The van der Waals surface area contributed by atoms with Crippen molar-refractivity contribution in [1.29, 1.82) is 0 Å². The Bertz CT molecular complexity index is 624. The Morgan fingerprint density at radius 3 is 2.47 bits per heavy atom. The highest BCUT2D eigenvalue weighted by molar-refractivity contribution is 5.92. The fourth-order valence-corrected chi connectivity index (χ4v) is 1.45. The molecule has 6 nitrogen and oxygen atoms in total. The summed E-state index contributed by atoms with van der Waals surface area (Å²) in [5.74, 6) is -0.890. The first-order chi connectivity index (χ1) is 9.08. The summed E-state index contributed by atoms with van der Waals surface area (Å²) in [4.78, 5) is 21.7. The Labute approximate surface area is 108 Å². The zero-order valence-corrected chi connectivity index (χ0v) is 9.65. The van der Waals surface area contributed by atoms with Gasteiger partial charge in [-0.1, -0.05) is 18.2 Å². The molecule has 0 aliphatic rings. The molecule has 96 valence electrons. The Morgan fingerprint density at radius 1 is 1.16 bits per heavy atom. The Balaban J connectivity index is 2.25. The normalized spacial score (nSPS) is 9.89. The molecule has 6 heteroatoms. The zero-order chi connectivity index (χ0) is 13.8. The van der Waals surface area contributed by atoms with Crippen LogP contribution >= 0.6 is 0 Å². The van der Waals surface area contributed by atoms with E-state index in [-0.39, 0.29) is 5.56 Å². The van der Waals surface area contributed by atoms with Crippen molar-refractivity contribution in [2.45, 2.75) is 0 Å². The second-order valence-electron chi connectivity index (χ2n) is 3.66. The minimum atomic E-state index is -0.769. The molecule has 0 radical (unpaired) electrons. The standard InChI is InChI=1S/C13H9NO5/c15-12-7-6-9(8-11(12)14(17)18)13(16)19-10-4-2-1-3-5-10/h1-8,15H. The fourth-order valence-electron chi connectivity index (χ4n) is 1.45. The lowest BCUT2D eigenvalue weighted by atomic mass is 10.2. The number of hydrogen-bond acceptors (Lipinski definition) is 5. The Hall–Kier alpha value is -2.89. The number of hydrogen-bond donors (Lipinski definition) is 1. The van der Waals surface area contributed by atoms with Gasteiger partial charge in [0.05, 0.1) is 10.5 Å². The van der Waals surface area contributed by atoms with Crippen molar-refractivity contribution >= 4 is 11.7 Å². The lowest BCUT2D eigenvalue weighted by molar-refractivity contribution is -0.385. The largest absolute Gasteiger partial charge is 0.502 e. The fraction of sp³-hybridized carbons (Fsp3) is 0. The maximum Gasteiger partial charge on any atom is 0.343 e. The molecule has 0 saturated heterocycles. The molecule has 0 atom stereocenters. The van der Waals surface area contributed by atoms with Crippen molar-refractivity contribution in [3.05, 3.63) is 64.2 Å². The summed E-state index contributed by atoms with van der Waals surface area (Å²) in [6.45, 7) is 0. The third kappa shape index (κ3) is 2.86. The Kier molecular flexibility index (Phi) is 3.42. The van der Waals surface area contributed by atoms with Crippen molar-refractivity contribution in [1.82, 2.24) is 0 Å². The molecule has 0 heterocycles. The number of para-hydroxylation sites is 1. The predicted molar refractivity (Wildman–Crippen MR) is 66.2 cm³/mol. The second kappa shape index (κ2) is 5.18. The number of phenolic OH excluding ortho intramolecular Hbond substituents is 1. The SMILES string of the molecule is O=C(Oc1ccccc1)c1ccc(O)c([N+](=O)[O-])c1. The van der Waals surface area contributed by atoms with Gasteiger partial charge in [0.2, 0.25) is 0 Å². The average molecular weight is 259 g/mol. The molecule has 0 fully saturated rings. The van der Waals surface area contributed by atoms with E-state index in [1.165, 1.54) is 6.07 Å². The maximum absolute atomic E-state index is 11.8. The lowest BCUT2D eigenvalue weighted by Crippen LogP contribution is -2.08. The average Bonchev–Trinajstić information content (AvgIpc) is 2.40. The van der Waals surface area contributed by atoms with Crippen LogP contribution in [-0.2, 0) is 0 Å². The van der Waals surface area contributed by atoms with Crippen LogP contribution in [0.3, 0.4) is 0 Å². The van der Waals surface area contributed by atoms with Gasteiger partial charge in [-0.2, -0.15) is 0 Å². The number of ether oxygens (including phenoxy) is 1. The molecule has 0 amide bonds. The third-order valence-electron chi connectivity index (χ3n) is 2.36. The van der Waals surface area contributed by atoms with Gasteiger partial charge in [-0.05, 0) is 24.3 Å². The van der Waals surface area contributed by atoms with Crippen LogP contribution in [-0.4, -0.2) is 16.0 Å². The van der Waals surface area contributed by atoms with E-state index in [2.05, 4.69) is 0 Å². The summed E-state index contributed by atoms with van der Waals surface area (Å²) in [5, 5.41) is 19.9. The van der Waals surface area contributed by atoms with E-state index >= 15 is 0 Å². The van der Waals surface area contributed by atoms with Crippen LogP contribution in [0.4, 0.5) is 5.69 Å². The van der Waals surface area contributed by atoms with Crippen LogP contribution in [0, 0.1) is 10.1 Å².